The van der Waals surface area contributed by atoms with Crippen molar-refractivity contribution in [1.29, 1.82) is 0 Å². The number of pyridine rings is 1. The second-order valence-corrected chi connectivity index (χ2v) is 4.79. The fourth-order valence-electron chi connectivity index (χ4n) is 2.11. The molecule has 1 aromatic heterocycles. The van der Waals surface area contributed by atoms with E-state index in [9.17, 15) is 9.59 Å². The molecule has 0 spiro atoms. The molecule has 0 radical (unpaired) electrons. The molecule has 1 aromatic carbocycles. The van der Waals surface area contributed by atoms with Crippen molar-refractivity contribution in [3.63, 3.8) is 0 Å². The largest absolute Gasteiger partial charge is 0.493 e. The van der Waals surface area contributed by atoms with Gasteiger partial charge in [0.15, 0.2) is 11.5 Å². The fourth-order valence-corrected chi connectivity index (χ4v) is 2.11. The number of ether oxygens (including phenoxy) is 4. The van der Waals surface area contributed by atoms with E-state index in [-0.39, 0.29) is 11.4 Å². The summed E-state index contributed by atoms with van der Waals surface area (Å²) >= 11 is 0. The molecule has 0 saturated heterocycles. The number of aromatic nitrogens is 1. The molecule has 0 unspecified atom stereocenters. The van der Waals surface area contributed by atoms with E-state index in [1.807, 2.05) is 0 Å². The predicted molar refractivity (Wildman–Crippen MR) is 89.6 cm³/mol. The first-order valence-electron chi connectivity index (χ1n) is 7.19. The lowest BCUT2D eigenvalue weighted by Crippen LogP contribution is -2.14. The van der Waals surface area contributed by atoms with Crippen LogP contribution in [0.1, 0.15) is 20.7 Å². The van der Waals surface area contributed by atoms with Crippen LogP contribution < -0.4 is 19.5 Å². The van der Waals surface area contributed by atoms with Gasteiger partial charge in [-0.2, -0.15) is 0 Å². The van der Waals surface area contributed by atoms with E-state index in [4.69, 9.17) is 14.2 Å². The third-order valence-corrected chi connectivity index (χ3v) is 3.35. The van der Waals surface area contributed by atoms with E-state index < -0.39 is 11.9 Å². The van der Waals surface area contributed by atoms with Gasteiger partial charge in [0, 0.05) is 11.8 Å². The lowest BCUT2D eigenvalue weighted by atomic mass is 10.1. The Morgan fingerprint density at radius 1 is 0.920 bits per heavy atom. The molecule has 25 heavy (non-hydrogen) atoms. The number of rotatable bonds is 6. The predicted octanol–water partition coefficient (Wildman–Crippen LogP) is 2.15. The van der Waals surface area contributed by atoms with Crippen molar-refractivity contribution in [2.45, 2.75) is 0 Å². The van der Waals surface area contributed by atoms with Gasteiger partial charge in [-0.1, -0.05) is 0 Å². The zero-order valence-electron chi connectivity index (χ0n) is 14.3. The SMILES string of the molecule is COC(=O)c1ccc(NC(=O)c2cc(OC)c(OC)c(OC)c2)nc1. The molecule has 8 heteroatoms. The van der Waals surface area contributed by atoms with E-state index in [2.05, 4.69) is 15.0 Å². The van der Waals surface area contributed by atoms with Crippen molar-refractivity contribution in [3.8, 4) is 17.2 Å². The standard InChI is InChI=1S/C17H18N2O6/c1-22-12-7-11(8-13(23-2)15(12)24-3)16(20)19-14-6-5-10(9-18-14)17(21)25-4/h5-9H,1-4H3,(H,18,19,20). The van der Waals surface area contributed by atoms with E-state index in [0.29, 0.717) is 22.8 Å². The quantitative estimate of drug-likeness (QED) is 0.801. The smallest absolute Gasteiger partial charge is 0.339 e. The van der Waals surface area contributed by atoms with Crippen LogP contribution in [0, 0.1) is 0 Å². The van der Waals surface area contributed by atoms with Gasteiger partial charge in [0.05, 0.1) is 34.0 Å². The highest BCUT2D eigenvalue weighted by Gasteiger charge is 2.17. The zero-order valence-corrected chi connectivity index (χ0v) is 14.3. The molecule has 0 aliphatic heterocycles. The zero-order chi connectivity index (χ0) is 18.4. The van der Waals surface area contributed by atoms with Gasteiger partial charge in [0.25, 0.3) is 5.91 Å². The summed E-state index contributed by atoms with van der Waals surface area (Å²) in [5, 5.41) is 2.63. The number of hydrogen-bond donors (Lipinski definition) is 1. The van der Waals surface area contributed by atoms with Crippen LogP contribution in [0.3, 0.4) is 0 Å². The Morgan fingerprint density at radius 3 is 2.00 bits per heavy atom. The van der Waals surface area contributed by atoms with Gasteiger partial charge in [-0.15, -0.1) is 0 Å². The van der Waals surface area contributed by atoms with E-state index in [0.717, 1.165) is 0 Å². The van der Waals surface area contributed by atoms with Crippen LogP contribution >= 0.6 is 0 Å². The average molecular weight is 346 g/mol. The van der Waals surface area contributed by atoms with Gasteiger partial charge in [0.2, 0.25) is 5.75 Å². The van der Waals surface area contributed by atoms with Crippen LogP contribution in [-0.4, -0.2) is 45.3 Å². The summed E-state index contributed by atoms with van der Waals surface area (Å²) in [5.41, 5.74) is 0.585. The molecule has 0 aliphatic rings. The summed E-state index contributed by atoms with van der Waals surface area (Å²) in [7, 11) is 5.69. The number of esters is 1. The van der Waals surface area contributed by atoms with E-state index in [1.165, 1.54) is 58.9 Å². The highest BCUT2D eigenvalue weighted by molar-refractivity contribution is 6.04. The summed E-state index contributed by atoms with van der Waals surface area (Å²) in [4.78, 5) is 27.8. The van der Waals surface area contributed by atoms with Gasteiger partial charge in [0.1, 0.15) is 5.82 Å². The number of methoxy groups -OCH3 is 4. The van der Waals surface area contributed by atoms with Crippen LogP contribution in [0.2, 0.25) is 0 Å². The topological polar surface area (TPSA) is 96.0 Å². The molecular formula is C17H18N2O6. The molecule has 1 amide bonds. The highest BCUT2D eigenvalue weighted by atomic mass is 16.5. The maximum absolute atomic E-state index is 12.4. The summed E-state index contributed by atoms with van der Waals surface area (Å²) in [6, 6.07) is 6.06. The lowest BCUT2D eigenvalue weighted by molar-refractivity contribution is 0.0600. The van der Waals surface area contributed by atoms with Crippen molar-refractivity contribution >= 4 is 17.7 Å². The summed E-state index contributed by atoms with van der Waals surface area (Å²) in [6.45, 7) is 0. The number of nitrogens with one attached hydrogen (secondary N) is 1. The molecule has 0 atom stereocenters. The van der Waals surface area contributed by atoms with Crippen LogP contribution in [0.25, 0.3) is 0 Å². The first kappa shape index (κ1) is 18.1. The number of carbonyl (C=O) groups is 2. The van der Waals surface area contributed by atoms with Crippen molar-refractivity contribution in [2.24, 2.45) is 0 Å². The molecule has 0 bridgehead atoms. The normalized spacial score (nSPS) is 9.92. The van der Waals surface area contributed by atoms with Crippen LogP contribution in [-0.2, 0) is 4.74 Å². The lowest BCUT2D eigenvalue weighted by Gasteiger charge is -2.14. The number of anilines is 1. The number of nitrogens with zero attached hydrogens (tertiary/aromatic N) is 1. The Labute approximate surface area is 144 Å². The highest BCUT2D eigenvalue weighted by Crippen LogP contribution is 2.38. The molecule has 0 saturated carbocycles. The van der Waals surface area contributed by atoms with E-state index >= 15 is 0 Å². The Morgan fingerprint density at radius 2 is 1.56 bits per heavy atom. The first-order chi connectivity index (χ1) is 12.0. The van der Waals surface area contributed by atoms with Crippen molar-refractivity contribution in [1.82, 2.24) is 4.98 Å². The Balaban J connectivity index is 2.24. The van der Waals surface area contributed by atoms with Crippen molar-refractivity contribution in [2.75, 3.05) is 33.8 Å². The fraction of sp³-hybridized carbons (Fsp3) is 0.235. The number of benzene rings is 1. The molecule has 1 heterocycles. The molecule has 0 fully saturated rings. The number of carbonyl (C=O) groups excluding carboxylic acids is 2. The van der Waals surface area contributed by atoms with Gasteiger partial charge >= 0.3 is 5.97 Å². The minimum atomic E-state index is -0.505. The third kappa shape index (κ3) is 3.97. The van der Waals surface area contributed by atoms with Gasteiger partial charge < -0.3 is 24.3 Å². The molecule has 1 N–H and O–H groups in total. The molecule has 0 aliphatic carbocycles. The molecule has 2 aromatic rings. The minimum Gasteiger partial charge on any atom is -0.493 e. The number of hydrogen-bond acceptors (Lipinski definition) is 7. The monoisotopic (exact) mass is 346 g/mol. The molecule has 2 rings (SSSR count). The first-order valence-corrected chi connectivity index (χ1v) is 7.19. The Bertz CT molecular complexity index is 748. The van der Waals surface area contributed by atoms with Gasteiger partial charge in [-0.25, -0.2) is 9.78 Å². The van der Waals surface area contributed by atoms with Crippen LogP contribution in [0.15, 0.2) is 30.5 Å². The maximum Gasteiger partial charge on any atom is 0.339 e. The van der Waals surface area contributed by atoms with Crippen LogP contribution in [0.4, 0.5) is 5.82 Å². The summed E-state index contributed by atoms with van der Waals surface area (Å²) < 4.78 is 20.3. The summed E-state index contributed by atoms with van der Waals surface area (Å²) in [5.74, 6) is 0.475. The van der Waals surface area contributed by atoms with Crippen molar-refractivity contribution < 1.29 is 28.5 Å². The van der Waals surface area contributed by atoms with Gasteiger partial charge in [-0.05, 0) is 24.3 Å². The third-order valence-electron chi connectivity index (χ3n) is 3.35. The minimum absolute atomic E-state index is 0.284. The molecule has 132 valence electrons. The average Bonchev–Trinajstić information content (AvgIpc) is 2.66. The van der Waals surface area contributed by atoms with Crippen molar-refractivity contribution in [3.05, 3.63) is 41.6 Å². The van der Waals surface area contributed by atoms with Gasteiger partial charge in [-0.3, -0.25) is 4.79 Å². The Kier molecular flexibility index (Phi) is 5.78. The molecular weight excluding hydrogens is 328 g/mol. The second kappa shape index (κ2) is 8.00. The van der Waals surface area contributed by atoms with E-state index in [1.54, 1.807) is 0 Å². The van der Waals surface area contributed by atoms with Crippen LogP contribution in [0.5, 0.6) is 17.2 Å². The second-order valence-electron chi connectivity index (χ2n) is 4.79. The maximum atomic E-state index is 12.4. The number of amides is 1. The molecule has 8 nitrogen and oxygen atoms in total. The summed E-state index contributed by atoms with van der Waals surface area (Å²) in [6.07, 6.45) is 1.32. The Hall–Kier alpha value is -3.29.